The lowest BCUT2D eigenvalue weighted by Gasteiger charge is -2.33. The maximum Gasteiger partial charge on any atom is 0.188 e. The van der Waals surface area contributed by atoms with Crippen molar-refractivity contribution in [1.82, 2.24) is 15.3 Å². The molecule has 1 aromatic carbocycles. The first-order valence-corrected chi connectivity index (χ1v) is 12.7. The van der Waals surface area contributed by atoms with E-state index in [1.807, 2.05) is 12.4 Å². The summed E-state index contributed by atoms with van der Waals surface area (Å²) in [5.74, 6) is 3.40. The minimum atomic E-state index is -0.226. The van der Waals surface area contributed by atoms with E-state index >= 15 is 0 Å². The molecule has 2 N–H and O–H groups in total. The Morgan fingerprint density at radius 2 is 1.97 bits per heavy atom. The smallest absolute Gasteiger partial charge is 0.188 e. The van der Waals surface area contributed by atoms with E-state index in [0.717, 1.165) is 45.6 Å². The van der Waals surface area contributed by atoms with Crippen molar-refractivity contribution in [2.75, 3.05) is 18.4 Å². The molecule has 3 atom stereocenters. The van der Waals surface area contributed by atoms with E-state index in [9.17, 15) is 4.39 Å². The Labute approximate surface area is 193 Å². The van der Waals surface area contributed by atoms with Crippen molar-refractivity contribution in [2.45, 2.75) is 44.9 Å². The molecule has 3 heterocycles. The van der Waals surface area contributed by atoms with E-state index in [-0.39, 0.29) is 5.82 Å². The van der Waals surface area contributed by atoms with Gasteiger partial charge in [0.15, 0.2) is 5.13 Å². The van der Waals surface area contributed by atoms with Gasteiger partial charge in [0.05, 0.1) is 4.88 Å². The molecule has 3 aromatic rings. The summed E-state index contributed by atoms with van der Waals surface area (Å²) < 4.78 is 13.2. The molecule has 168 valence electrons. The van der Waals surface area contributed by atoms with Gasteiger partial charge in [0, 0.05) is 12.4 Å². The predicted molar refractivity (Wildman–Crippen MR) is 130 cm³/mol. The number of aryl methyl sites for hydroxylation is 1. The molecule has 0 radical (unpaired) electrons. The quantitative estimate of drug-likeness (QED) is 0.388. The van der Waals surface area contributed by atoms with E-state index in [1.165, 1.54) is 69.3 Å². The molecule has 5 rings (SSSR count). The third-order valence-corrected chi connectivity index (χ3v) is 8.09. The molecule has 1 saturated carbocycles. The number of nitrogens with zero attached hydrogens (tertiary/aromatic N) is 2. The van der Waals surface area contributed by atoms with Crippen LogP contribution in [0.5, 0.6) is 0 Å². The van der Waals surface area contributed by atoms with E-state index in [0.29, 0.717) is 0 Å². The Bertz CT molecular complexity index is 1020. The highest BCUT2D eigenvalue weighted by Crippen LogP contribution is 2.39. The molecule has 1 aliphatic heterocycles. The zero-order chi connectivity index (χ0) is 21.8. The first-order valence-electron chi connectivity index (χ1n) is 11.9. The van der Waals surface area contributed by atoms with Gasteiger partial charge in [-0.2, -0.15) is 0 Å². The van der Waals surface area contributed by atoms with Gasteiger partial charge >= 0.3 is 0 Å². The lowest BCUT2D eigenvalue weighted by molar-refractivity contribution is 0.185. The number of hydrogen-bond acceptors (Lipinski definition) is 5. The molecule has 1 aliphatic carbocycles. The Morgan fingerprint density at radius 3 is 2.88 bits per heavy atom. The molecular weight excluding hydrogens is 419 g/mol. The normalized spacial score (nSPS) is 22.6. The highest BCUT2D eigenvalue weighted by atomic mass is 32.1. The van der Waals surface area contributed by atoms with E-state index < -0.39 is 0 Å². The van der Waals surface area contributed by atoms with Crippen LogP contribution in [0.2, 0.25) is 0 Å². The van der Waals surface area contributed by atoms with Crippen LogP contribution in [0.1, 0.15) is 44.1 Å². The van der Waals surface area contributed by atoms with Crippen molar-refractivity contribution in [3.05, 3.63) is 60.2 Å². The second-order valence-corrected chi connectivity index (χ2v) is 10.3. The summed E-state index contributed by atoms with van der Waals surface area (Å²) in [6, 6.07) is 10.8. The number of benzene rings is 1. The molecule has 0 bridgehead atoms. The van der Waals surface area contributed by atoms with Gasteiger partial charge in [-0.05, 0) is 85.5 Å². The van der Waals surface area contributed by atoms with Crippen LogP contribution in [0.3, 0.4) is 0 Å². The Balaban J connectivity index is 1.12. The number of anilines is 2. The van der Waals surface area contributed by atoms with Crippen molar-refractivity contribution >= 4 is 22.3 Å². The van der Waals surface area contributed by atoms with Crippen LogP contribution in [-0.2, 0) is 6.42 Å². The van der Waals surface area contributed by atoms with Crippen LogP contribution >= 0.6 is 11.3 Å². The number of thiazole rings is 1. The molecule has 0 spiro atoms. The molecule has 2 aromatic heterocycles. The molecule has 1 saturated heterocycles. The maximum absolute atomic E-state index is 13.2. The van der Waals surface area contributed by atoms with Crippen molar-refractivity contribution in [3.8, 4) is 10.4 Å². The number of unbranched alkanes of at least 4 members (excludes halogenated alkanes) is 1. The zero-order valence-corrected chi connectivity index (χ0v) is 19.2. The third-order valence-electron chi connectivity index (χ3n) is 7.13. The summed E-state index contributed by atoms with van der Waals surface area (Å²) in [7, 11) is 0. The lowest BCUT2D eigenvalue weighted by Crippen LogP contribution is -2.27. The van der Waals surface area contributed by atoms with Crippen molar-refractivity contribution in [1.29, 1.82) is 0 Å². The van der Waals surface area contributed by atoms with Gasteiger partial charge in [-0.1, -0.05) is 49.2 Å². The summed E-state index contributed by atoms with van der Waals surface area (Å²) in [6.45, 7) is 2.49. The second-order valence-electron chi connectivity index (χ2n) is 9.23. The fraction of sp³-hybridized carbons (Fsp3) is 0.462. The number of fused-ring (bicyclic) bond motifs is 1. The first kappa shape index (κ1) is 21.5. The van der Waals surface area contributed by atoms with E-state index in [4.69, 9.17) is 0 Å². The minimum Gasteiger partial charge on any atom is -0.316 e. The standard InChI is InChI=1S/C26H31FN4S/c27-22-10-8-20(9-11-22)24-17-30-26(32-24)31-25-14-18(12-13-29-25)4-1-2-5-19-6-3-7-21-15-28-16-23(19)21/h8-14,17,19,21,23,28H,1-7,15-16H2,(H,29,30,31). The number of rotatable bonds is 8. The lowest BCUT2D eigenvalue weighted by atomic mass is 9.72. The topological polar surface area (TPSA) is 49.8 Å². The number of hydrogen-bond donors (Lipinski definition) is 2. The number of aromatic nitrogens is 2. The Kier molecular flexibility index (Phi) is 6.79. The molecular formula is C26H31FN4S. The molecule has 2 aliphatic rings. The van der Waals surface area contributed by atoms with Gasteiger partial charge in [0.1, 0.15) is 11.6 Å². The molecule has 6 heteroatoms. The van der Waals surface area contributed by atoms with Crippen LogP contribution < -0.4 is 10.6 Å². The third kappa shape index (κ3) is 5.18. The van der Waals surface area contributed by atoms with E-state index in [1.54, 1.807) is 23.5 Å². The van der Waals surface area contributed by atoms with Crippen LogP contribution in [0.15, 0.2) is 48.8 Å². The summed E-state index contributed by atoms with van der Waals surface area (Å²) >= 11 is 1.55. The van der Waals surface area contributed by atoms with Crippen molar-refractivity contribution in [2.24, 2.45) is 17.8 Å². The fourth-order valence-corrected chi connectivity index (χ4v) is 6.29. The van der Waals surface area contributed by atoms with Gasteiger partial charge < -0.3 is 10.6 Å². The van der Waals surface area contributed by atoms with Gasteiger partial charge in [0.2, 0.25) is 0 Å². The number of pyridine rings is 1. The fourth-order valence-electron chi connectivity index (χ4n) is 5.46. The molecule has 3 unspecified atom stereocenters. The minimum absolute atomic E-state index is 0.226. The van der Waals surface area contributed by atoms with Gasteiger partial charge in [-0.25, -0.2) is 14.4 Å². The average Bonchev–Trinajstić information content (AvgIpc) is 3.48. The van der Waals surface area contributed by atoms with Crippen molar-refractivity contribution in [3.63, 3.8) is 0 Å². The number of halogens is 1. The largest absolute Gasteiger partial charge is 0.316 e. The Hall–Kier alpha value is -2.31. The first-order chi connectivity index (χ1) is 15.7. The van der Waals surface area contributed by atoms with Crippen LogP contribution in [0.25, 0.3) is 10.4 Å². The molecule has 0 amide bonds. The van der Waals surface area contributed by atoms with Crippen molar-refractivity contribution < 1.29 is 4.39 Å². The average molecular weight is 451 g/mol. The summed E-state index contributed by atoms with van der Waals surface area (Å²) in [6.07, 6.45) is 13.0. The highest BCUT2D eigenvalue weighted by molar-refractivity contribution is 7.18. The van der Waals surface area contributed by atoms with Gasteiger partial charge in [-0.15, -0.1) is 0 Å². The SMILES string of the molecule is Fc1ccc(-c2cnc(Nc3cc(CCCCC4CCCC5CNCC45)ccn3)s2)cc1. The monoisotopic (exact) mass is 450 g/mol. The highest BCUT2D eigenvalue weighted by Gasteiger charge is 2.35. The van der Waals surface area contributed by atoms with Gasteiger partial charge in [0.25, 0.3) is 0 Å². The summed E-state index contributed by atoms with van der Waals surface area (Å²) in [5, 5.41) is 7.74. The van der Waals surface area contributed by atoms with E-state index in [2.05, 4.69) is 32.7 Å². The summed E-state index contributed by atoms with van der Waals surface area (Å²) in [4.78, 5) is 9.93. The number of nitrogens with one attached hydrogen (secondary N) is 2. The molecule has 4 nitrogen and oxygen atoms in total. The zero-order valence-electron chi connectivity index (χ0n) is 18.4. The maximum atomic E-state index is 13.2. The van der Waals surface area contributed by atoms with Crippen LogP contribution in [-0.4, -0.2) is 23.1 Å². The predicted octanol–water partition coefficient (Wildman–Crippen LogP) is 6.44. The Morgan fingerprint density at radius 1 is 1.06 bits per heavy atom. The molecule has 32 heavy (non-hydrogen) atoms. The molecule has 2 fully saturated rings. The van der Waals surface area contributed by atoms with Crippen LogP contribution in [0.4, 0.5) is 15.3 Å². The van der Waals surface area contributed by atoms with Crippen LogP contribution in [0, 0.1) is 23.6 Å². The van der Waals surface area contributed by atoms with Gasteiger partial charge in [-0.3, -0.25) is 0 Å². The second kappa shape index (κ2) is 10.1. The summed E-state index contributed by atoms with van der Waals surface area (Å²) in [5.41, 5.74) is 2.29.